The molecule has 0 unspecified atom stereocenters. The van der Waals surface area contributed by atoms with Gasteiger partial charge in [-0.1, -0.05) is 6.07 Å². The molecule has 108 valence electrons. The van der Waals surface area contributed by atoms with Crippen LogP contribution in [0, 0.1) is 0 Å². The normalized spacial score (nSPS) is 11.8. The number of nitrogens with two attached hydrogens (primary N) is 1. The van der Waals surface area contributed by atoms with Crippen molar-refractivity contribution in [1.82, 2.24) is 9.55 Å². The van der Waals surface area contributed by atoms with E-state index in [1.54, 1.807) is 7.11 Å². The molecule has 2 aromatic rings. The van der Waals surface area contributed by atoms with Gasteiger partial charge >= 0.3 is 0 Å². The first-order valence-electron chi connectivity index (χ1n) is 6.30. The smallest absolute Gasteiger partial charge is 0.219 e. The first kappa shape index (κ1) is 14.7. The highest BCUT2D eigenvalue weighted by molar-refractivity contribution is 6.17. The van der Waals surface area contributed by atoms with Gasteiger partial charge in [0.15, 0.2) is 0 Å². The van der Waals surface area contributed by atoms with Crippen LogP contribution in [0.1, 0.15) is 26.1 Å². The van der Waals surface area contributed by atoms with Gasteiger partial charge in [0.1, 0.15) is 17.1 Å². The average molecular weight is 296 g/mol. The Balaban J connectivity index is 2.71. The second-order valence-electron chi connectivity index (χ2n) is 5.28. The molecule has 2 N–H and O–H groups in total. The maximum atomic E-state index is 11.3. The van der Waals surface area contributed by atoms with Gasteiger partial charge in [0.25, 0.3) is 0 Å². The molecule has 20 heavy (non-hydrogen) atoms. The van der Waals surface area contributed by atoms with E-state index >= 15 is 0 Å². The Hall–Kier alpha value is -1.75. The van der Waals surface area contributed by atoms with E-state index in [0.717, 1.165) is 11.0 Å². The summed E-state index contributed by atoms with van der Waals surface area (Å²) >= 11 is 6.00. The highest BCUT2D eigenvalue weighted by Gasteiger charge is 2.28. The molecule has 1 aromatic heterocycles. The molecule has 0 saturated heterocycles. The predicted molar refractivity (Wildman–Crippen MR) is 79.0 cm³/mol. The van der Waals surface area contributed by atoms with Crippen LogP contribution in [0.3, 0.4) is 0 Å². The molecule has 0 aliphatic rings. The number of amides is 1. The number of methoxy groups -OCH3 is 1. The van der Waals surface area contributed by atoms with Crippen LogP contribution in [0.5, 0.6) is 5.75 Å². The van der Waals surface area contributed by atoms with Crippen LogP contribution in [-0.2, 0) is 16.2 Å². The van der Waals surface area contributed by atoms with Gasteiger partial charge in [0.2, 0.25) is 5.91 Å². The zero-order valence-electron chi connectivity index (χ0n) is 11.8. The Morgan fingerprint density at radius 3 is 2.75 bits per heavy atom. The van der Waals surface area contributed by atoms with E-state index in [9.17, 15) is 4.79 Å². The van der Waals surface area contributed by atoms with Crippen molar-refractivity contribution < 1.29 is 9.53 Å². The van der Waals surface area contributed by atoms with Crippen LogP contribution in [0.15, 0.2) is 18.2 Å². The maximum absolute atomic E-state index is 11.3. The minimum Gasteiger partial charge on any atom is -0.494 e. The average Bonchev–Trinajstić information content (AvgIpc) is 2.75. The van der Waals surface area contributed by atoms with E-state index < -0.39 is 5.54 Å². The molecule has 1 aromatic carbocycles. The Kier molecular flexibility index (Phi) is 3.90. The molecular formula is C14H18ClN3O2. The number of carbonyl (C=O) groups is 1. The number of carbonyl (C=O) groups excluding carboxylic acids is 1. The van der Waals surface area contributed by atoms with Gasteiger partial charge in [-0.3, -0.25) is 4.79 Å². The van der Waals surface area contributed by atoms with E-state index in [4.69, 9.17) is 22.1 Å². The number of fused-ring (bicyclic) bond motifs is 1. The standard InChI is InChI=1S/C14H18ClN3O2/c1-14(2,7-11(16)19)18-9-5-4-6-10(20-3)13(9)17-12(18)8-15/h4-6H,7-8H2,1-3H3,(H2,16,19). The quantitative estimate of drug-likeness (QED) is 0.861. The summed E-state index contributed by atoms with van der Waals surface area (Å²) < 4.78 is 7.28. The number of benzene rings is 1. The van der Waals surface area contributed by atoms with Gasteiger partial charge in [0.05, 0.1) is 18.5 Å². The lowest BCUT2D eigenvalue weighted by molar-refractivity contribution is -0.119. The van der Waals surface area contributed by atoms with Crippen molar-refractivity contribution in [3.05, 3.63) is 24.0 Å². The Labute approximate surface area is 122 Å². The molecule has 0 fully saturated rings. The van der Waals surface area contributed by atoms with Crippen LogP contribution in [0.4, 0.5) is 0 Å². The topological polar surface area (TPSA) is 70.1 Å². The number of imidazole rings is 1. The number of nitrogens with zero attached hydrogens (tertiary/aromatic N) is 2. The van der Waals surface area contributed by atoms with E-state index in [-0.39, 0.29) is 18.2 Å². The predicted octanol–water partition coefficient (Wildman–Crippen LogP) is 2.39. The number of para-hydroxylation sites is 1. The second-order valence-corrected chi connectivity index (χ2v) is 5.55. The van der Waals surface area contributed by atoms with E-state index in [1.165, 1.54) is 0 Å². The van der Waals surface area contributed by atoms with Crippen LogP contribution in [0.2, 0.25) is 0 Å². The first-order chi connectivity index (χ1) is 9.40. The largest absolute Gasteiger partial charge is 0.494 e. The molecule has 0 bridgehead atoms. The summed E-state index contributed by atoms with van der Waals surface area (Å²) in [5, 5.41) is 0. The summed E-state index contributed by atoms with van der Waals surface area (Å²) in [7, 11) is 1.60. The fraction of sp³-hybridized carbons (Fsp3) is 0.429. The van der Waals surface area contributed by atoms with Crippen molar-refractivity contribution in [3.63, 3.8) is 0 Å². The lowest BCUT2D eigenvalue weighted by Crippen LogP contribution is -2.33. The van der Waals surface area contributed by atoms with E-state index in [2.05, 4.69) is 4.98 Å². The van der Waals surface area contributed by atoms with Crippen molar-refractivity contribution >= 4 is 28.5 Å². The van der Waals surface area contributed by atoms with Crippen LogP contribution >= 0.6 is 11.6 Å². The molecule has 2 rings (SSSR count). The van der Waals surface area contributed by atoms with Gasteiger partial charge in [0, 0.05) is 12.0 Å². The fourth-order valence-electron chi connectivity index (χ4n) is 2.56. The minimum absolute atomic E-state index is 0.208. The zero-order chi connectivity index (χ0) is 14.9. The Morgan fingerprint density at radius 1 is 1.50 bits per heavy atom. The molecule has 1 amide bonds. The number of hydrogen-bond acceptors (Lipinski definition) is 3. The van der Waals surface area contributed by atoms with Crippen LogP contribution in [0.25, 0.3) is 11.0 Å². The van der Waals surface area contributed by atoms with E-state index in [1.807, 2.05) is 36.6 Å². The monoisotopic (exact) mass is 295 g/mol. The molecular weight excluding hydrogens is 278 g/mol. The zero-order valence-corrected chi connectivity index (χ0v) is 12.6. The molecule has 0 aliphatic heterocycles. The minimum atomic E-state index is -0.503. The number of alkyl halides is 1. The lowest BCUT2D eigenvalue weighted by Gasteiger charge is -2.28. The highest BCUT2D eigenvalue weighted by atomic mass is 35.5. The third kappa shape index (κ3) is 2.45. The van der Waals surface area contributed by atoms with Gasteiger partial charge in [-0.05, 0) is 26.0 Å². The first-order valence-corrected chi connectivity index (χ1v) is 6.83. The molecule has 1 heterocycles. The molecule has 0 spiro atoms. The summed E-state index contributed by atoms with van der Waals surface area (Å²) in [6, 6.07) is 5.67. The van der Waals surface area contributed by atoms with Crippen molar-refractivity contribution in [3.8, 4) is 5.75 Å². The van der Waals surface area contributed by atoms with Crippen molar-refractivity contribution in [1.29, 1.82) is 0 Å². The van der Waals surface area contributed by atoms with Gasteiger partial charge in [-0.25, -0.2) is 4.98 Å². The SMILES string of the molecule is COc1cccc2c1nc(CCl)n2C(C)(C)CC(N)=O. The maximum Gasteiger partial charge on any atom is 0.219 e. The second kappa shape index (κ2) is 5.32. The van der Waals surface area contributed by atoms with Crippen molar-refractivity contribution in [2.45, 2.75) is 31.7 Å². The lowest BCUT2D eigenvalue weighted by atomic mass is 9.99. The van der Waals surface area contributed by atoms with E-state index in [0.29, 0.717) is 11.6 Å². The summed E-state index contributed by atoms with van der Waals surface area (Å²) in [5.41, 5.74) is 6.46. The van der Waals surface area contributed by atoms with Crippen molar-refractivity contribution in [2.75, 3.05) is 7.11 Å². The van der Waals surface area contributed by atoms with Crippen LogP contribution < -0.4 is 10.5 Å². The molecule has 0 aliphatic carbocycles. The summed E-state index contributed by atoms with van der Waals surface area (Å²) in [5.74, 6) is 1.26. The molecule has 5 nitrogen and oxygen atoms in total. The number of rotatable bonds is 5. The van der Waals surface area contributed by atoms with Gasteiger partial charge in [-0.2, -0.15) is 0 Å². The number of hydrogen-bond donors (Lipinski definition) is 1. The molecule has 0 atom stereocenters. The van der Waals surface area contributed by atoms with Gasteiger partial charge < -0.3 is 15.0 Å². The van der Waals surface area contributed by atoms with Crippen LogP contribution in [-0.4, -0.2) is 22.6 Å². The fourth-order valence-corrected chi connectivity index (χ4v) is 2.74. The number of halogens is 1. The molecule has 6 heteroatoms. The Morgan fingerprint density at radius 2 is 2.20 bits per heavy atom. The molecule has 0 saturated carbocycles. The summed E-state index contributed by atoms with van der Waals surface area (Å²) in [4.78, 5) is 15.8. The van der Waals surface area contributed by atoms with Gasteiger partial charge in [-0.15, -0.1) is 11.6 Å². The number of primary amides is 1. The number of ether oxygens (including phenoxy) is 1. The third-order valence-electron chi connectivity index (χ3n) is 3.27. The Bertz CT molecular complexity index is 649. The van der Waals surface area contributed by atoms with Crippen molar-refractivity contribution in [2.24, 2.45) is 5.73 Å². The molecule has 0 radical (unpaired) electrons. The third-order valence-corrected chi connectivity index (χ3v) is 3.51. The highest BCUT2D eigenvalue weighted by Crippen LogP contribution is 2.32. The number of aromatic nitrogens is 2. The summed E-state index contributed by atoms with van der Waals surface area (Å²) in [6.07, 6.45) is 0.208. The summed E-state index contributed by atoms with van der Waals surface area (Å²) in [6.45, 7) is 3.88.